The lowest BCUT2D eigenvalue weighted by atomic mass is 9.76. The molecule has 0 bridgehead atoms. The number of alkyl carbamates (subject to hydrolysis) is 1. The van der Waals surface area contributed by atoms with Crippen LogP contribution in [0.1, 0.15) is 59.3 Å². The molecule has 2 atom stereocenters. The molecule has 2 aliphatic carbocycles. The van der Waals surface area contributed by atoms with Crippen LogP contribution in [-0.4, -0.2) is 35.9 Å². The maximum Gasteiger partial charge on any atom is 0.408 e. The lowest BCUT2D eigenvalue weighted by Gasteiger charge is -2.43. The van der Waals surface area contributed by atoms with Crippen molar-refractivity contribution in [3.05, 3.63) is 0 Å². The third kappa shape index (κ3) is 4.35. The van der Waals surface area contributed by atoms with Crippen molar-refractivity contribution in [2.45, 2.75) is 82.5 Å². The van der Waals surface area contributed by atoms with Gasteiger partial charge in [0, 0.05) is 18.6 Å². The highest BCUT2D eigenvalue weighted by Gasteiger charge is 2.40. The predicted octanol–water partition coefficient (Wildman–Crippen LogP) is 1.90. The summed E-state index contributed by atoms with van der Waals surface area (Å²) in [5.41, 5.74) is 5.37. The van der Waals surface area contributed by atoms with E-state index in [0.29, 0.717) is 12.1 Å². The fraction of sp³-hybridized carbons (Fsp3) is 0.933. The normalized spacial score (nSPS) is 28.8. The Morgan fingerprint density at radius 1 is 1.35 bits per heavy atom. The zero-order valence-corrected chi connectivity index (χ0v) is 13.0. The molecule has 0 aromatic rings. The summed E-state index contributed by atoms with van der Waals surface area (Å²) in [5, 5.41) is 6.64. The van der Waals surface area contributed by atoms with E-state index in [9.17, 15) is 4.79 Å². The second-order valence-electron chi connectivity index (χ2n) is 7.41. The van der Waals surface area contributed by atoms with Crippen LogP contribution in [0.4, 0.5) is 4.79 Å². The van der Waals surface area contributed by atoms with E-state index in [1.54, 1.807) is 0 Å². The number of nitrogens with one attached hydrogen (secondary N) is 2. The highest BCUT2D eigenvalue weighted by molar-refractivity contribution is 5.69. The van der Waals surface area contributed by atoms with Crippen LogP contribution in [0.5, 0.6) is 0 Å². The third-order valence-electron chi connectivity index (χ3n) is 4.28. The topological polar surface area (TPSA) is 76.4 Å². The van der Waals surface area contributed by atoms with Crippen molar-refractivity contribution in [1.29, 1.82) is 0 Å². The molecule has 4 N–H and O–H groups in total. The maximum atomic E-state index is 11.9. The first kappa shape index (κ1) is 15.6. The predicted molar refractivity (Wildman–Crippen MR) is 79.6 cm³/mol. The monoisotopic (exact) mass is 283 g/mol. The molecular weight excluding hydrogens is 254 g/mol. The molecule has 5 heteroatoms. The zero-order valence-electron chi connectivity index (χ0n) is 13.0. The number of hydrogen-bond acceptors (Lipinski definition) is 4. The molecule has 0 spiro atoms. The van der Waals surface area contributed by atoms with Crippen LogP contribution in [0.15, 0.2) is 0 Å². The van der Waals surface area contributed by atoms with Crippen LogP contribution in [0.2, 0.25) is 0 Å². The first-order valence-electron chi connectivity index (χ1n) is 7.78. The number of ether oxygens (including phenoxy) is 1. The summed E-state index contributed by atoms with van der Waals surface area (Å²) in [4.78, 5) is 11.9. The summed E-state index contributed by atoms with van der Waals surface area (Å²) >= 11 is 0. The van der Waals surface area contributed by atoms with Gasteiger partial charge in [-0.3, -0.25) is 0 Å². The second-order valence-corrected chi connectivity index (χ2v) is 7.41. The fourth-order valence-corrected chi connectivity index (χ4v) is 3.01. The Balaban J connectivity index is 1.79. The highest BCUT2D eigenvalue weighted by Crippen LogP contribution is 2.32. The van der Waals surface area contributed by atoms with Gasteiger partial charge in [0.15, 0.2) is 0 Å². The first-order chi connectivity index (χ1) is 9.28. The van der Waals surface area contributed by atoms with E-state index in [4.69, 9.17) is 10.5 Å². The van der Waals surface area contributed by atoms with Crippen molar-refractivity contribution < 1.29 is 9.53 Å². The van der Waals surface area contributed by atoms with Crippen LogP contribution >= 0.6 is 0 Å². The van der Waals surface area contributed by atoms with Crippen molar-refractivity contribution >= 4 is 6.09 Å². The molecule has 0 aliphatic heterocycles. The van der Waals surface area contributed by atoms with Crippen molar-refractivity contribution in [3.63, 3.8) is 0 Å². The van der Waals surface area contributed by atoms with Crippen molar-refractivity contribution in [2.24, 2.45) is 5.73 Å². The number of carbonyl (C=O) groups is 1. The van der Waals surface area contributed by atoms with Gasteiger partial charge < -0.3 is 21.1 Å². The van der Waals surface area contributed by atoms with E-state index in [1.165, 1.54) is 6.42 Å². The average molecular weight is 283 g/mol. The molecule has 1 amide bonds. The number of rotatable bonds is 4. The highest BCUT2D eigenvalue weighted by atomic mass is 16.6. The summed E-state index contributed by atoms with van der Waals surface area (Å²) in [6.07, 6.45) is 6.20. The van der Waals surface area contributed by atoms with Gasteiger partial charge in [-0.2, -0.15) is 0 Å². The first-order valence-corrected chi connectivity index (χ1v) is 7.78. The average Bonchev–Trinajstić information content (AvgIpc) is 2.65. The standard InChI is InChI=1S/C15H29N3O2/c1-14(2,3)20-13(19)18-15(7-4-8-15)10-17-12-6-5-11(16)9-12/h11-12,17H,4-10,16H2,1-3H3,(H,18,19). The molecule has 0 radical (unpaired) electrons. The van der Waals surface area contributed by atoms with E-state index < -0.39 is 5.60 Å². The number of hydrogen-bond donors (Lipinski definition) is 3. The Morgan fingerprint density at radius 3 is 2.50 bits per heavy atom. The molecule has 5 nitrogen and oxygen atoms in total. The second kappa shape index (κ2) is 5.90. The molecule has 0 aromatic carbocycles. The molecule has 2 rings (SSSR count). The smallest absolute Gasteiger partial charge is 0.408 e. The molecule has 2 saturated carbocycles. The molecule has 2 unspecified atom stereocenters. The minimum Gasteiger partial charge on any atom is -0.444 e. The van der Waals surface area contributed by atoms with Gasteiger partial charge in [-0.05, 0) is 59.3 Å². The maximum absolute atomic E-state index is 11.9. The summed E-state index contributed by atoms with van der Waals surface area (Å²) in [6.45, 7) is 6.48. The molecule has 0 aromatic heterocycles. The fourth-order valence-electron chi connectivity index (χ4n) is 3.01. The Labute approximate surface area is 122 Å². The SMILES string of the molecule is CC(C)(C)OC(=O)NC1(CNC2CCC(N)C2)CCC1. The van der Waals surface area contributed by atoms with Crippen LogP contribution in [0.3, 0.4) is 0 Å². The van der Waals surface area contributed by atoms with Gasteiger partial charge in [-0.25, -0.2) is 4.79 Å². The van der Waals surface area contributed by atoms with E-state index in [0.717, 1.165) is 38.6 Å². The Kier molecular flexibility index (Phi) is 4.59. The van der Waals surface area contributed by atoms with Gasteiger partial charge in [0.2, 0.25) is 0 Å². The van der Waals surface area contributed by atoms with Crippen molar-refractivity contribution in [3.8, 4) is 0 Å². The van der Waals surface area contributed by atoms with Crippen LogP contribution < -0.4 is 16.4 Å². The Bertz CT molecular complexity index is 348. The minimum absolute atomic E-state index is 0.116. The van der Waals surface area contributed by atoms with E-state index >= 15 is 0 Å². The third-order valence-corrected chi connectivity index (χ3v) is 4.28. The van der Waals surface area contributed by atoms with Crippen molar-refractivity contribution in [1.82, 2.24) is 10.6 Å². The van der Waals surface area contributed by atoms with Gasteiger partial charge in [0.25, 0.3) is 0 Å². The van der Waals surface area contributed by atoms with Gasteiger partial charge in [0.05, 0.1) is 5.54 Å². The lowest BCUT2D eigenvalue weighted by Crippen LogP contribution is -2.60. The Hall–Kier alpha value is -0.810. The van der Waals surface area contributed by atoms with Crippen LogP contribution in [-0.2, 0) is 4.74 Å². The van der Waals surface area contributed by atoms with Gasteiger partial charge in [0.1, 0.15) is 5.60 Å². The largest absolute Gasteiger partial charge is 0.444 e. The number of nitrogens with two attached hydrogens (primary N) is 1. The summed E-state index contributed by atoms with van der Waals surface area (Å²) in [5.74, 6) is 0. The van der Waals surface area contributed by atoms with Crippen LogP contribution in [0.25, 0.3) is 0 Å². The number of carbonyl (C=O) groups excluding carboxylic acids is 1. The van der Waals surface area contributed by atoms with E-state index in [1.807, 2.05) is 20.8 Å². The molecule has 0 heterocycles. The zero-order chi connectivity index (χ0) is 14.8. The van der Waals surface area contributed by atoms with Gasteiger partial charge in [-0.15, -0.1) is 0 Å². The Morgan fingerprint density at radius 2 is 2.05 bits per heavy atom. The summed E-state index contributed by atoms with van der Waals surface area (Å²) in [6, 6.07) is 0.839. The number of amides is 1. The van der Waals surface area contributed by atoms with Gasteiger partial charge in [-0.1, -0.05) is 0 Å². The molecule has 2 fully saturated rings. The quantitative estimate of drug-likeness (QED) is 0.736. The lowest BCUT2D eigenvalue weighted by molar-refractivity contribution is 0.0379. The molecule has 20 heavy (non-hydrogen) atoms. The molecular formula is C15H29N3O2. The van der Waals surface area contributed by atoms with Crippen molar-refractivity contribution in [2.75, 3.05) is 6.54 Å². The molecule has 0 saturated heterocycles. The molecule has 116 valence electrons. The summed E-state index contributed by atoms with van der Waals surface area (Å²) in [7, 11) is 0. The van der Waals surface area contributed by atoms with E-state index in [-0.39, 0.29) is 11.6 Å². The van der Waals surface area contributed by atoms with Crippen LogP contribution in [0, 0.1) is 0 Å². The minimum atomic E-state index is -0.444. The summed E-state index contributed by atoms with van der Waals surface area (Å²) < 4.78 is 5.36. The molecule has 2 aliphatic rings. The van der Waals surface area contributed by atoms with Gasteiger partial charge >= 0.3 is 6.09 Å². The van der Waals surface area contributed by atoms with E-state index in [2.05, 4.69) is 10.6 Å².